The van der Waals surface area contributed by atoms with E-state index < -0.39 is 6.16 Å². The van der Waals surface area contributed by atoms with Crippen LogP contribution in [-0.4, -0.2) is 31.1 Å². The predicted molar refractivity (Wildman–Crippen MR) is 109 cm³/mol. The van der Waals surface area contributed by atoms with Gasteiger partial charge < -0.3 is 19.3 Å². The van der Waals surface area contributed by atoms with Crippen molar-refractivity contribution >= 4 is 17.8 Å². The average Bonchev–Trinajstić information content (AvgIpc) is 2.81. The molecule has 0 bridgehead atoms. The monoisotopic (exact) mass is 382 g/mol. The first-order valence-electron chi connectivity index (χ1n) is 9.35. The molecule has 5 heteroatoms. The van der Waals surface area contributed by atoms with Gasteiger partial charge in [0, 0.05) is 11.8 Å². The minimum absolute atomic E-state index is 0.0126. The Morgan fingerprint density at radius 1 is 1.11 bits per heavy atom. The molecule has 0 spiro atoms. The number of carbonyl (C=O) groups is 1. The summed E-state index contributed by atoms with van der Waals surface area (Å²) in [6.45, 7) is 7.75. The Kier molecular flexibility index (Phi) is 5.93. The molecule has 0 radical (unpaired) electrons. The molecule has 1 heterocycles. The van der Waals surface area contributed by atoms with Gasteiger partial charge in [-0.1, -0.05) is 50.3 Å². The van der Waals surface area contributed by atoms with Crippen LogP contribution in [0.4, 0.5) is 4.79 Å². The Balaban J connectivity index is 1.70. The number of allylic oxidation sites excluding steroid dienone is 1. The molecule has 3 rings (SSSR count). The number of benzene rings is 2. The van der Waals surface area contributed by atoms with Crippen molar-refractivity contribution in [2.45, 2.75) is 27.2 Å². The Morgan fingerprint density at radius 3 is 2.46 bits per heavy atom. The largest absolute Gasteiger partial charge is 0.505 e. The second kappa shape index (κ2) is 8.38. The van der Waals surface area contributed by atoms with Gasteiger partial charge >= 0.3 is 6.16 Å². The molecular weight excluding hydrogens is 356 g/mol. The van der Waals surface area contributed by atoms with Crippen LogP contribution < -0.4 is 9.47 Å². The molecule has 28 heavy (non-hydrogen) atoms. The molecule has 0 aliphatic carbocycles. The van der Waals surface area contributed by atoms with Gasteiger partial charge in [-0.2, -0.15) is 0 Å². The van der Waals surface area contributed by atoms with Gasteiger partial charge in [-0.25, -0.2) is 4.79 Å². The molecule has 0 atom stereocenters. The lowest BCUT2D eigenvalue weighted by Crippen LogP contribution is -2.26. The van der Waals surface area contributed by atoms with Crippen LogP contribution in [-0.2, 0) is 11.2 Å². The van der Waals surface area contributed by atoms with Crippen molar-refractivity contribution in [2.75, 3.05) is 19.8 Å². The normalized spacial score (nSPS) is 15.6. The lowest BCUT2D eigenvalue weighted by atomic mass is 9.97. The van der Waals surface area contributed by atoms with E-state index in [0.29, 0.717) is 19.6 Å². The third-order valence-corrected chi connectivity index (χ3v) is 4.62. The van der Waals surface area contributed by atoms with Gasteiger partial charge in [0.05, 0.1) is 19.8 Å². The number of hydrogen-bond acceptors (Lipinski definition) is 4. The summed E-state index contributed by atoms with van der Waals surface area (Å²) in [4.78, 5) is 10.4. The van der Waals surface area contributed by atoms with Crippen LogP contribution in [0.2, 0.25) is 0 Å². The second-order valence-electron chi connectivity index (χ2n) is 7.84. The SMILES string of the molecule is C/C(=C\c1ccc(CCOC(=O)O)cc1)c1ccc2c(c1)OCC(C)(C)CO2. The standard InChI is InChI=1S/C23H26O5/c1-16(12-18-6-4-17(5-7-18)10-11-26-22(24)25)19-8-9-20-21(13-19)28-15-23(2,3)14-27-20/h4-9,12-13H,10-11,14-15H2,1-3H3,(H,24,25)/b16-12+. The van der Waals surface area contributed by atoms with Crippen LogP contribution in [0, 0.1) is 5.41 Å². The predicted octanol–water partition coefficient (Wildman–Crippen LogP) is 5.28. The van der Waals surface area contributed by atoms with Gasteiger partial charge in [0.1, 0.15) is 0 Å². The van der Waals surface area contributed by atoms with Crippen molar-refractivity contribution < 1.29 is 24.1 Å². The van der Waals surface area contributed by atoms with Crippen molar-refractivity contribution in [3.05, 3.63) is 59.2 Å². The van der Waals surface area contributed by atoms with E-state index >= 15 is 0 Å². The topological polar surface area (TPSA) is 65.0 Å². The highest BCUT2D eigenvalue weighted by atomic mass is 16.7. The molecule has 0 saturated heterocycles. The third kappa shape index (κ3) is 5.28. The fourth-order valence-electron chi connectivity index (χ4n) is 2.94. The van der Waals surface area contributed by atoms with Crippen LogP contribution in [0.3, 0.4) is 0 Å². The van der Waals surface area contributed by atoms with Gasteiger partial charge in [0.2, 0.25) is 0 Å². The Labute approximate surface area is 165 Å². The Morgan fingerprint density at radius 2 is 1.79 bits per heavy atom. The van der Waals surface area contributed by atoms with Gasteiger partial charge in [0.25, 0.3) is 0 Å². The highest BCUT2D eigenvalue weighted by Gasteiger charge is 2.25. The van der Waals surface area contributed by atoms with Gasteiger partial charge in [-0.3, -0.25) is 0 Å². The molecule has 1 aliphatic heterocycles. The molecule has 1 aliphatic rings. The van der Waals surface area contributed by atoms with E-state index in [1.807, 2.05) is 42.5 Å². The van der Waals surface area contributed by atoms with E-state index in [1.54, 1.807) is 0 Å². The molecule has 1 N–H and O–H groups in total. The third-order valence-electron chi connectivity index (χ3n) is 4.62. The summed E-state index contributed by atoms with van der Waals surface area (Å²) >= 11 is 0. The van der Waals surface area contributed by atoms with Crippen molar-refractivity contribution in [1.29, 1.82) is 0 Å². The molecule has 0 fully saturated rings. The first-order valence-corrected chi connectivity index (χ1v) is 9.35. The van der Waals surface area contributed by atoms with Crippen molar-refractivity contribution in [1.82, 2.24) is 0 Å². The lowest BCUT2D eigenvalue weighted by molar-refractivity contribution is 0.0927. The summed E-state index contributed by atoms with van der Waals surface area (Å²) in [5.41, 5.74) is 4.31. The van der Waals surface area contributed by atoms with Gasteiger partial charge in [0.15, 0.2) is 11.5 Å². The average molecular weight is 382 g/mol. The van der Waals surface area contributed by atoms with Crippen LogP contribution in [0.5, 0.6) is 11.5 Å². The number of fused-ring (bicyclic) bond motifs is 1. The first kappa shape index (κ1) is 19.8. The van der Waals surface area contributed by atoms with Crippen molar-refractivity contribution in [2.24, 2.45) is 5.41 Å². The quantitative estimate of drug-likeness (QED) is 0.563. The van der Waals surface area contributed by atoms with Crippen molar-refractivity contribution in [3.63, 3.8) is 0 Å². The zero-order valence-corrected chi connectivity index (χ0v) is 16.5. The maximum atomic E-state index is 10.4. The summed E-state index contributed by atoms with van der Waals surface area (Å²) in [6, 6.07) is 14.1. The molecular formula is C23H26O5. The number of ether oxygens (including phenoxy) is 3. The minimum Gasteiger partial charge on any atom is -0.489 e. The lowest BCUT2D eigenvalue weighted by Gasteiger charge is -2.19. The van der Waals surface area contributed by atoms with Gasteiger partial charge in [-0.05, 0) is 41.3 Å². The van der Waals surface area contributed by atoms with E-state index in [2.05, 4.69) is 31.6 Å². The highest BCUT2D eigenvalue weighted by Crippen LogP contribution is 2.36. The summed E-state index contributed by atoms with van der Waals surface area (Å²) in [6.07, 6.45) is 1.43. The first-order chi connectivity index (χ1) is 13.3. The zero-order chi connectivity index (χ0) is 20.1. The molecule has 0 amide bonds. The van der Waals surface area contributed by atoms with Crippen LogP contribution in [0.1, 0.15) is 37.5 Å². The number of carboxylic acid groups (broad SMARTS) is 1. The molecule has 0 saturated carbocycles. The maximum absolute atomic E-state index is 10.4. The van der Waals surface area contributed by atoms with E-state index in [4.69, 9.17) is 14.6 Å². The number of rotatable bonds is 5. The Hall–Kier alpha value is -2.95. The fraction of sp³-hybridized carbons (Fsp3) is 0.348. The smallest absolute Gasteiger partial charge is 0.489 e. The highest BCUT2D eigenvalue weighted by molar-refractivity contribution is 5.81. The molecule has 2 aromatic carbocycles. The van der Waals surface area contributed by atoms with Crippen LogP contribution >= 0.6 is 0 Å². The van der Waals surface area contributed by atoms with Gasteiger partial charge in [-0.15, -0.1) is 0 Å². The molecule has 2 aromatic rings. The van der Waals surface area contributed by atoms with E-state index in [0.717, 1.165) is 33.8 Å². The molecule has 0 aromatic heterocycles. The summed E-state index contributed by atoms with van der Waals surface area (Å²) in [7, 11) is 0. The van der Waals surface area contributed by atoms with Crippen molar-refractivity contribution in [3.8, 4) is 11.5 Å². The maximum Gasteiger partial charge on any atom is 0.505 e. The van der Waals surface area contributed by atoms with E-state index in [9.17, 15) is 4.79 Å². The van der Waals surface area contributed by atoms with Crippen LogP contribution in [0.25, 0.3) is 11.6 Å². The molecule has 148 valence electrons. The van der Waals surface area contributed by atoms with E-state index in [1.165, 1.54) is 0 Å². The summed E-state index contributed by atoms with van der Waals surface area (Å²) < 4.78 is 16.4. The van der Waals surface area contributed by atoms with E-state index in [-0.39, 0.29) is 12.0 Å². The summed E-state index contributed by atoms with van der Waals surface area (Å²) in [5, 5.41) is 8.51. The van der Waals surface area contributed by atoms with Crippen LogP contribution in [0.15, 0.2) is 42.5 Å². The minimum atomic E-state index is -1.24. The zero-order valence-electron chi connectivity index (χ0n) is 16.5. The molecule has 5 nitrogen and oxygen atoms in total. The Bertz CT molecular complexity index is 865. The number of hydrogen-bond donors (Lipinski definition) is 1. The fourth-order valence-corrected chi connectivity index (χ4v) is 2.94. The summed E-state index contributed by atoms with van der Waals surface area (Å²) in [5.74, 6) is 1.57. The second-order valence-corrected chi connectivity index (χ2v) is 7.84. The molecule has 0 unspecified atom stereocenters.